The Labute approximate surface area is 212 Å². The molecular formula is C27H30O10. The van der Waals surface area contributed by atoms with E-state index < -0.39 is 36.8 Å². The number of carbonyl (C=O) groups is 1. The lowest BCUT2D eigenvalue weighted by Gasteiger charge is -2.42. The van der Waals surface area contributed by atoms with Crippen LogP contribution in [0.2, 0.25) is 0 Å². The van der Waals surface area contributed by atoms with Crippen LogP contribution < -0.4 is 9.47 Å². The monoisotopic (exact) mass is 514 g/mol. The highest BCUT2D eigenvalue weighted by Gasteiger charge is 2.47. The number of ether oxygens (including phenoxy) is 3. The van der Waals surface area contributed by atoms with Gasteiger partial charge in [0, 0.05) is 12.5 Å². The number of hydrogen-bond donors (Lipinski definition) is 6. The second kappa shape index (κ2) is 10.5. The second-order valence-corrected chi connectivity index (χ2v) is 9.20. The van der Waals surface area contributed by atoms with Crippen molar-refractivity contribution in [3.05, 3.63) is 59.2 Å². The summed E-state index contributed by atoms with van der Waals surface area (Å²) in [6.45, 7) is 3.00. The third-order valence-corrected chi connectivity index (χ3v) is 6.52. The first-order chi connectivity index (χ1) is 17.5. The smallest absolute Gasteiger partial charge is 0.229 e. The Kier molecular flexibility index (Phi) is 7.58. The number of aliphatic hydroxyl groups excluding tert-OH is 4. The summed E-state index contributed by atoms with van der Waals surface area (Å²) in [5.41, 5.74) is 1.19. The zero-order chi connectivity index (χ0) is 27.0. The Bertz CT molecular complexity index is 1310. The van der Waals surface area contributed by atoms with Crippen LogP contribution in [-0.2, 0) is 11.2 Å². The van der Waals surface area contributed by atoms with E-state index in [-0.39, 0.29) is 40.4 Å². The molecule has 0 spiro atoms. The van der Waals surface area contributed by atoms with E-state index in [9.17, 15) is 35.4 Å². The minimum absolute atomic E-state index is 0.00337. The fourth-order valence-corrected chi connectivity index (χ4v) is 4.71. The van der Waals surface area contributed by atoms with Gasteiger partial charge >= 0.3 is 0 Å². The zero-order valence-corrected chi connectivity index (χ0v) is 20.5. The molecule has 6 N–H and O–H groups in total. The molecule has 1 heterocycles. The summed E-state index contributed by atoms with van der Waals surface area (Å²) in [7, 11) is 1.43. The number of phenols is 2. The molecule has 10 heteroatoms. The number of phenolic OH excluding ortho intramolecular Hbond substituents is 2. The van der Waals surface area contributed by atoms with Gasteiger partial charge in [-0.15, -0.1) is 0 Å². The SMILES string of the molecule is COc1cc(O[C@H]2O[C@H]([C@H](O)Cc3cccc(O)c3)[C@@H](O)[C@H](O)[C@H]2O)c2c(O)c(C(C)=O)c(C)cc2c1. The number of aryl methyl sites for hydroxylation is 1. The van der Waals surface area contributed by atoms with Crippen molar-refractivity contribution >= 4 is 16.6 Å². The maximum atomic E-state index is 12.2. The van der Waals surface area contributed by atoms with Crippen molar-refractivity contribution in [3.8, 4) is 23.0 Å². The Hall–Kier alpha value is -3.41. The summed E-state index contributed by atoms with van der Waals surface area (Å²) in [5, 5.41) is 63.8. The summed E-state index contributed by atoms with van der Waals surface area (Å²) >= 11 is 0. The molecule has 0 amide bonds. The fourth-order valence-electron chi connectivity index (χ4n) is 4.71. The summed E-state index contributed by atoms with van der Waals surface area (Å²) in [4.78, 5) is 12.2. The van der Waals surface area contributed by atoms with Crippen molar-refractivity contribution < 1.29 is 49.6 Å². The molecule has 37 heavy (non-hydrogen) atoms. The molecule has 0 aliphatic carbocycles. The van der Waals surface area contributed by atoms with Crippen LogP contribution in [0.4, 0.5) is 0 Å². The molecule has 1 aliphatic rings. The number of methoxy groups -OCH3 is 1. The van der Waals surface area contributed by atoms with Crippen molar-refractivity contribution in [2.75, 3.05) is 7.11 Å². The van der Waals surface area contributed by atoms with E-state index in [2.05, 4.69) is 0 Å². The number of aliphatic hydroxyl groups is 4. The van der Waals surface area contributed by atoms with E-state index in [1.807, 2.05) is 0 Å². The predicted molar refractivity (Wildman–Crippen MR) is 132 cm³/mol. The van der Waals surface area contributed by atoms with Gasteiger partial charge < -0.3 is 44.8 Å². The summed E-state index contributed by atoms with van der Waals surface area (Å²) in [6.07, 6.45) is -9.42. The molecule has 0 aromatic heterocycles. The third kappa shape index (κ3) is 5.20. The maximum Gasteiger partial charge on any atom is 0.229 e. The van der Waals surface area contributed by atoms with E-state index in [0.717, 1.165) is 0 Å². The van der Waals surface area contributed by atoms with Gasteiger partial charge in [0.2, 0.25) is 6.29 Å². The van der Waals surface area contributed by atoms with Crippen LogP contribution in [0.1, 0.15) is 28.4 Å². The highest BCUT2D eigenvalue weighted by atomic mass is 16.7. The van der Waals surface area contributed by atoms with Gasteiger partial charge in [0.25, 0.3) is 0 Å². The number of fused-ring (bicyclic) bond motifs is 1. The molecule has 6 atom stereocenters. The van der Waals surface area contributed by atoms with Gasteiger partial charge in [0.15, 0.2) is 5.78 Å². The number of benzene rings is 3. The van der Waals surface area contributed by atoms with Crippen LogP contribution in [0.3, 0.4) is 0 Å². The Balaban J connectivity index is 1.70. The third-order valence-electron chi connectivity index (χ3n) is 6.52. The largest absolute Gasteiger partial charge is 0.508 e. The standard InChI is InChI=1S/C27H30O10/c1-12-7-15-10-17(35-3)11-19(21(15)22(31)20(12)13(2)28)36-27-25(34)23(32)24(33)26(37-27)18(30)9-14-5-4-6-16(29)8-14/h4-8,10-11,18,23-27,29-34H,9H2,1-3H3/t18-,23+,24+,25-,26-,27+/m1/s1. The molecule has 3 aromatic carbocycles. The lowest BCUT2D eigenvalue weighted by atomic mass is 9.92. The van der Waals surface area contributed by atoms with Crippen LogP contribution >= 0.6 is 0 Å². The predicted octanol–water partition coefficient (Wildman–Crippen LogP) is 1.56. The van der Waals surface area contributed by atoms with Crippen LogP contribution in [0.5, 0.6) is 23.0 Å². The van der Waals surface area contributed by atoms with Crippen molar-refractivity contribution in [2.24, 2.45) is 0 Å². The number of hydrogen-bond acceptors (Lipinski definition) is 10. The highest BCUT2D eigenvalue weighted by Crippen LogP contribution is 2.42. The van der Waals surface area contributed by atoms with Gasteiger partial charge in [0.1, 0.15) is 47.4 Å². The molecule has 10 nitrogen and oxygen atoms in total. The second-order valence-electron chi connectivity index (χ2n) is 9.20. The van der Waals surface area contributed by atoms with Crippen molar-refractivity contribution in [1.82, 2.24) is 0 Å². The van der Waals surface area contributed by atoms with Crippen LogP contribution in [-0.4, -0.2) is 80.3 Å². The van der Waals surface area contributed by atoms with E-state index in [1.165, 1.54) is 32.2 Å². The van der Waals surface area contributed by atoms with E-state index in [1.54, 1.807) is 31.2 Å². The van der Waals surface area contributed by atoms with E-state index in [0.29, 0.717) is 22.3 Å². The Morgan fingerprint density at radius 1 is 1.05 bits per heavy atom. The van der Waals surface area contributed by atoms with E-state index >= 15 is 0 Å². The van der Waals surface area contributed by atoms with Gasteiger partial charge in [-0.25, -0.2) is 0 Å². The van der Waals surface area contributed by atoms with Crippen LogP contribution in [0.15, 0.2) is 42.5 Å². The number of carbonyl (C=O) groups excluding carboxylic acids is 1. The maximum absolute atomic E-state index is 12.2. The summed E-state index contributed by atoms with van der Waals surface area (Å²) in [6, 6.07) is 10.9. The highest BCUT2D eigenvalue weighted by molar-refractivity contribution is 6.07. The molecule has 4 rings (SSSR count). The summed E-state index contributed by atoms with van der Waals surface area (Å²) < 4.78 is 17.0. The average Bonchev–Trinajstić information content (AvgIpc) is 2.83. The number of rotatable bonds is 7. The molecule has 1 aliphatic heterocycles. The van der Waals surface area contributed by atoms with Gasteiger partial charge in [-0.3, -0.25) is 4.79 Å². The molecule has 1 saturated heterocycles. The van der Waals surface area contributed by atoms with Crippen molar-refractivity contribution in [1.29, 1.82) is 0 Å². The normalized spacial score (nSPS) is 24.6. The lowest BCUT2D eigenvalue weighted by molar-refractivity contribution is -0.287. The first-order valence-electron chi connectivity index (χ1n) is 11.7. The average molecular weight is 515 g/mol. The number of aromatic hydroxyl groups is 2. The Morgan fingerprint density at radius 2 is 1.78 bits per heavy atom. The van der Waals surface area contributed by atoms with Gasteiger partial charge in [-0.2, -0.15) is 0 Å². The molecule has 198 valence electrons. The molecule has 0 radical (unpaired) electrons. The lowest BCUT2D eigenvalue weighted by Crippen LogP contribution is -2.62. The summed E-state index contributed by atoms with van der Waals surface area (Å²) in [5.74, 6) is -0.351. The van der Waals surface area contributed by atoms with Crippen LogP contribution in [0, 0.1) is 6.92 Å². The molecule has 3 aromatic rings. The molecule has 0 saturated carbocycles. The fraction of sp³-hybridized carbons (Fsp3) is 0.370. The minimum Gasteiger partial charge on any atom is -0.508 e. The first kappa shape index (κ1) is 26.6. The molecular weight excluding hydrogens is 484 g/mol. The minimum atomic E-state index is -1.73. The van der Waals surface area contributed by atoms with E-state index in [4.69, 9.17) is 14.2 Å². The number of Topliss-reactive ketones (excluding diaryl/α,β-unsaturated/α-hetero) is 1. The van der Waals surface area contributed by atoms with Gasteiger partial charge in [0.05, 0.1) is 24.2 Å². The quantitative estimate of drug-likeness (QED) is 0.255. The van der Waals surface area contributed by atoms with Crippen LogP contribution in [0.25, 0.3) is 10.8 Å². The Morgan fingerprint density at radius 3 is 2.43 bits per heavy atom. The molecule has 0 bridgehead atoms. The zero-order valence-electron chi connectivity index (χ0n) is 20.5. The van der Waals surface area contributed by atoms with Gasteiger partial charge in [-0.05, 0) is 48.6 Å². The molecule has 1 fully saturated rings. The topological polar surface area (TPSA) is 166 Å². The van der Waals surface area contributed by atoms with Crippen molar-refractivity contribution in [2.45, 2.75) is 57.1 Å². The van der Waals surface area contributed by atoms with Crippen molar-refractivity contribution in [3.63, 3.8) is 0 Å². The molecule has 0 unspecified atom stereocenters. The number of ketones is 1. The first-order valence-corrected chi connectivity index (χ1v) is 11.7. The van der Waals surface area contributed by atoms with Gasteiger partial charge in [-0.1, -0.05) is 18.2 Å².